The third kappa shape index (κ3) is 3.60. The zero-order valence-corrected chi connectivity index (χ0v) is 26.1. The average Bonchev–Trinajstić information content (AvgIpc) is 3.59. The van der Waals surface area contributed by atoms with Crippen LogP contribution in [0.5, 0.6) is 0 Å². The van der Waals surface area contributed by atoms with E-state index in [1.165, 1.54) is 71.6 Å². The van der Waals surface area contributed by atoms with E-state index in [0.29, 0.717) is 0 Å². The van der Waals surface area contributed by atoms with Crippen molar-refractivity contribution in [3.63, 3.8) is 0 Å². The van der Waals surface area contributed by atoms with Gasteiger partial charge in [-0.15, -0.1) is 0 Å². The number of hydrogen-bond acceptors (Lipinski definition) is 1. The summed E-state index contributed by atoms with van der Waals surface area (Å²) in [7, 11) is 0. The minimum Gasteiger partial charge on any atom is -0.310 e. The van der Waals surface area contributed by atoms with Crippen LogP contribution in [-0.4, -0.2) is 0 Å². The van der Waals surface area contributed by atoms with Crippen LogP contribution in [0.2, 0.25) is 0 Å². The predicted octanol–water partition coefficient (Wildman–Crippen LogP) is 12.1. The maximum atomic E-state index is 2.47. The molecule has 1 spiro atoms. The Balaban J connectivity index is 1.29. The zero-order chi connectivity index (χ0) is 31.1. The van der Waals surface area contributed by atoms with Gasteiger partial charge in [0.05, 0.1) is 5.41 Å². The maximum Gasteiger partial charge on any atom is 0.0731 e. The maximum absolute atomic E-state index is 2.47. The summed E-state index contributed by atoms with van der Waals surface area (Å²) in [4.78, 5) is 2.36. The quantitative estimate of drug-likeness (QED) is 0.196. The first-order chi connectivity index (χ1) is 23.2. The summed E-state index contributed by atoms with van der Waals surface area (Å²) in [6.07, 6.45) is 0. The van der Waals surface area contributed by atoms with E-state index in [-0.39, 0.29) is 0 Å². The minimum absolute atomic E-state index is 0.404. The van der Waals surface area contributed by atoms with Crippen molar-refractivity contribution in [1.82, 2.24) is 0 Å². The van der Waals surface area contributed by atoms with Crippen LogP contribution >= 0.6 is 0 Å². The lowest BCUT2D eigenvalue weighted by molar-refractivity contribution is 0.802. The second-order valence-electron chi connectivity index (χ2n) is 13.0. The number of aryl methyl sites for hydroxylation is 1. The summed E-state index contributed by atoms with van der Waals surface area (Å²) in [5.41, 5.74) is 15.1. The molecule has 220 valence electrons. The van der Waals surface area contributed by atoms with Crippen LogP contribution in [0.4, 0.5) is 17.1 Å². The van der Waals surface area contributed by atoms with E-state index in [1.54, 1.807) is 0 Å². The summed E-state index contributed by atoms with van der Waals surface area (Å²) in [6, 6.07) is 63.2. The molecule has 0 bridgehead atoms. The smallest absolute Gasteiger partial charge is 0.0731 e. The number of para-hydroxylation sites is 1. The molecule has 0 saturated carbocycles. The SMILES string of the molecule is Cc1ccc(N(c2ccccc2)c2ccc3c4c(ccc3c2)-c2cc3ccccc3cc2C42c3ccccc3-c3ccccc32)cc1. The standard InChI is InChI=1S/C46H31N/c1-30-19-22-35(23-20-30)47(34-13-3-2-4-14-34)36-24-26-37-33(27-36)21-25-40-41-28-31-11-5-6-12-32(31)29-44(41)46(45(37)40)42-17-9-7-15-38(42)39-16-8-10-18-43(39)46/h2-29H,1H3. The van der Waals surface area contributed by atoms with Crippen LogP contribution in [0.3, 0.4) is 0 Å². The molecule has 0 unspecified atom stereocenters. The Kier molecular flexibility index (Phi) is 5.48. The van der Waals surface area contributed by atoms with Crippen molar-refractivity contribution in [1.29, 1.82) is 0 Å². The van der Waals surface area contributed by atoms with Gasteiger partial charge in [0.25, 0.3) is 0 Å². The Morgan fingerprint density at radius 1 is 0.383 bits per heavy atom. The number of fused-ring (bicyclic) bond motifs is 13. The molecule has 0 fully saturated rings. The number of hydrogen-bond donors (Lipinski definition) is 0. The second kappa shape index (κ2) is 9.79. The van der Waals surface area contributed by atoms with Crippen LogP contribution in [0, 0.1) is 6.92 Å². The van der Waals surface area contributed by atoms with Crippen LogP contribution < -0.4 is 4.90 Å². The number of benzene rings is 8. The third-order valence-corrected chi connectivity index (χ3v) is 10.5. The van der Waals surface area contributed by atoms with Gasteiger partial charge in [-0.25, -0.2) is 0 Å². The van der Waals surface area contributed by atoms with Gasteiger partial charge in [-0.05, 0) is 122 Å². The highest BCUT2D eigenvalue weighted by molar-refractivity contribution is 6.07. The molecule has 0 amide bonds. The monoisotopic (exact) mass is 597 g/mol. The predicted molar refractivity (Wildman–Crippen MR) is 197 cm³/mol. The van der Waals surface area contributed by atoms with E-state index < -0.39 is 5.41 Å². The van der Waals surface area contributed by atoms with E-state index in [2.05, 4.69) is 182 Å². The van der Waals surface area contributed by atoms with Crippen LogP contribution in [0.1, 0.15) is 27.8 Å². The summed E-state index contributed by atoms with van der Waals surface area (Å²) in [5.74, 6) is 0. The van der Waals surface area contributed by atoms with Gasteiger partial charge in [0, 0.05) is 17.1 Å². The molecule has 8 aromatic carbocycles. The van der Waals surface area contributed by atoms with E-state index in [1.807, 2.05) is 0 Å². The highest BCUT2D eigenvalue weighted by atomic mass is 15.1. The molecule has 0 N–H and O–H groups in total. The number of rotatable bonds is 3. The molecule has 2 aliphatic carbocycles. The van der Waals surface area contributed by atoms with E-state index >= 15 is 0 Å². The molecule has 0 heterocycles. The molecule has 1 heteroatoms. The van der Waals surface area contributed by atoms with Gasteiger partial charge < -0.3 is 4.90 Å². The Labute approximate surface area is 275 Å². The fourth-order valence-corrected chi connectivity index (χ4v) is 8.51. The van der Waals surface area contributed by atoms with Crippen molar-refractivity contribution in [3.8, 4) is 22.3 Å². The van der Waals surface area contributed by atoms with Crippen molar-refractivity contribution < 1.29 is 0 Å². The van der Waals surface area contributed by atoms with Gasteiger partial charge in [0.15, 0.2) is 0 Å². The highest BCUT2D eigenvalue weighted by Crippen LogP contribution is 2.64. The lowest BCUT2D eigenvalue weighted by atomic mass is 9.69. The highest BCUT2D eigenvalue weighted by Gasteiger charge is 2.52. The van der Waals surface area contributed by atoms with Gasteiger partial charge >= 0.3 is 0 Å². The first-order valence-electron chi connectivity index (χ1n) is 16.4. The summed E-state index contributed by atoms with van der Waals surface area (Å²) in [6.45, 7) is 2.14. The Morgan fingerprint density at radius 2 is 0.979 bits per heavy atom. The molecule has 2 aliphatic rings. The van der Waals surface area contributed by atoms with Crippen molar-refractivity contribution in [3.05, 3.63) is 198 Å². The Morgan fingerprint density at radius 3 is 1.70 bits per heavy atom. The largest absolute Gasteiger partial charge is 0.310 e. The van der Waals surface area contributed by atoms with Crippen LogP contribution in [0.25, 0.3) is 43.8 Å². The number of anilines is 3. The normalized spacial score (nSPS) is 13.4. The third-order valence-electron chi connectivity index (χ3n) is 10.5. The summed E-state index contributed by atoms with van der Waals surface area (Å²) < 4.78 is 0. The lowest BCUT2D eigenvalue weighted by Crippen LogP contribution is -2.26. The molecule has 0 atom stereocenters. The molecule has 0 aromatic heterocycles. The molecule has 1 nitrogen and oxygen atoms in total. The van der Waals surface area contributed by atoms with Crippen molar-refractivity contribution in [2.75, 3.05) is 4.90 Å². The van der Waals surface area contributed by atoms with Crippen LogP contribution in [-0.2, 0) is 5.41 Å². The molecular formula is C46H31N. The summed E-state index contributed by atoms with van der Waals surface area (Å²) in [5, 5.41) is 5.10. The molecule has 10 rings (SSSR count). The van der Waals surface area contributed by atoms with Gasteiger partial charge in [0.1, 0.15) is 0 Å². The first-order valence-corrected chi connectivity index (χ1v) is 16.4. The van der Waals surface area contributed by atoms with E-state index in [0.717, 1.165) is 17.1 Å². The van der Waals surface area contributed by atoms with Crippen molar-refractivity contribution >= 4 is 38.6 Å². The van der Waals surface area contributed by atoms with Crippen molar-refractivity contribution in [2.45, 2.75) is 12.3 Å². The van der Waals surface area contributed by atoms with E-state index in [4.69, 9.17) is 0 Å². The molecule has 8 aromatic rings. The molecular weight excluding hydrogens is 567 g/mol. The van der Waals surface area contributed by atoms with Gasteiger partial charge in [-0.1, -0.05) is 127 Å². The Hall–Kier alpha value is -5.92. The molecule has 0 saturated heterocycles. The van der Waals surface area contributed by atoms with Crippen molar-refractivity contribution in [2.24, 2.45) is 0 Å². The van der Waals surface area contributed by atoms with Gasteiger partial charge in [-0.2, -0.15) is 0 Å². The second-order valence-corrected chi connectivity index (χ2v) is 13.0. The minimum atomic E-state index is -0.404. The first kappa shape index (κ1) is 26.3. The van der Waals surface area contributed by atoms with Gasteiger partial charge in [0.2, 0.25) is 0 Å². The number of nitrogens with zero attached hydrogens (tertiary/aromatic N) is 1. The molecule has 0 radical (unpaired) electrons. The van der Waals surface area contributed by atoms with Gasteiger partial charge in [-0.3, -0.25) is 0 Å². The topological polar surface area (TPSA) is 3.24 Å². The van der Waals surface area contributed by atoms with Crippen LogP contribution in [0.15, 0.2) is 170 Å². The Bertz CT molecular complexity index is 2480. The molecule has 0 aliphatic heterocycles. The fourth-order valence-electron chi connectivity index (χ4n) is 8.51. The lowest BCUT2D eigenvalue weighted by Gasteiger charge is -2.32. The average molecular weight is 598 g/mol. The molecule has 47 heavy (non-hydrogen) atoms. The summed E-state index contributed by atoms with van der Waals surface area (Å²) >= 11 is 0. The zero-order valence-electron chi connectivity index (χ0n) is 26.1. The fraction of sp³-hybridized carbons (Fsp3) is 0.0435. The van der Waals surface area contributed by atoms with E-state index in [9.17, 15) is 0 Å².